The number of anilines is 1. The predicted molar refractivity (Wildman–Crippen MR) is 148 cm³/mol. The van der Waals surface area contributed by atoms with Crippen LogP contribution in [-0.2, 0) is 32.6 Å². The number of hydrogen-bond donors (Lipinski definition) is 1. The van der Waals surface area contributed by atoms with Crippen LogP contribution >= 0.6 is 0 Å². The van der Waals surface area contributed by atoms with E-state index in [1.54, 1.807) is 24.1 Å². The van der Waals surface area contributed by atoms with Gasteiger partial charge in [0.2, 0.25) is 21.8 Å². The summed E-state index contributed by atoms with van der Waals surface area (Å²) in [6.07, 6.45) is 1.96. The summed E-state index contributed by atoms with van der Waals surface area (Å²) in [5.74, 6) is -0.448. The van der Waals surface area contributed by atoms with Gasteiger partial charge in [-0.05, 0) is 36.6 Å². The van der Waals surface area contributed by atoms with E-state index in [9.17, 15) is 18.0 Å². The first kappa shape index (κ1) is 27.9. The number of benzene rings is 3. The summed E-state index contributed by atoms with van der Waals surface area (Å²) in [4.78, 5) is 28.2. The molecule has 0 aromatic heterocycles. The number of likely N-dealkylation sites (N-methyl/N-ethyl adjacent to an activating group) is 1. The summed E-state index contributed by atoms with van der Waals surface area (Å²) in [5.41, 5.74) is 3.46. The van der Waals surface area contributed by atoms with Gasteiger partial charge in [0.05, 0.1) is 11.9 Å². The molecule has 37 heavy (non-hydrogen) atoms. The van der Waals surface area contributed by atoms with Gasteiger partial charge in [0.1, 0.15) is 6.04 Å². The van der Waals surface area contributed by atoms with Gasteiger partial charge in [-0.15, -0.1) is 0 Å². The van der Waals surface area contributed by atoms with Crippen LogP contribution in [0.2, 0.25) is 0 Å². The lowest BCUT2D eigenvalue weighted by Gasteiger charge is -2.31. The van der Waals surface area contributed by atoms with Crippen LogP contribution in [0.4, 0.5) is 5.69 Å². The molecule has 8 heteroatoms. The Morgan fingerprint density at radius 3 is 1.97 bits per heavy atom. The van der Waals surface area contributed by atoms with Crippen molar-refractivity contribution in [3.05, 3.63) is 102 Å². The molecule has 2 amide bonds. The van der Waals surface area contributed by atoms with Crippen molar-refractivity contribution in [2.75, 3.05) is 24.2 Å². The van der Waals surface area contributed by atoms with Crippen molar-refractivity contribution in [1.82, 2.24) is 10.2 Å². The molecule has 0 saturated heterocycles. The summed E-state index contributed by atoms with van der Waals surface area (Å²) >= 11 is 0. The zero-order valence-corrected chi connectivity index (χ0v) is 22.4. The molecule has 0 aliphatic carbocycles. The molecule has 0 aliphatic heterocycles. The van der Waals surface area contributed by atoms with Gasteiger partial charge >= 0.3 is 0 Å². The number of rotatable bonds is 12. The SMILES string of the molecule is CNC(=O)[C@H](Cc1ccccc1)N(Cc1ccccc1)C(=O)CCCN(c1ccc(C)cc1)S(C)(=O)=O. The molecular weight excluding hydrogens is 486 g/mol. The van der Waals surface area contributed by atoms with E-state index in [0.717, 1.165) is 22.9 Å². The summed E-state index contributed by atoms with van der Waals surface area (Å²) in [5, 5.41) is 2.71. The monoisotopic (exact) mass is 521 g/mol. The second-order valence-corrected chi connectivity index (χ2v) is 11.0. The summed E-state index contributed by atoms with van der Waals surface area (Å²) in [7, 11) is -1.96. The van der Waals surface area contributed by atoms with Gasteiger partial charge in [0.15, 0.2) is 0 Å². The molecule has 3 aromatic carbocycles. The normalized spacial score (nSPS) is 12.0. The van der Waals surface area contributed by atoms with E-state index in [1.807, 2.05) is 79.7 Å². The predicted octanol–water partition coefficient (Wildman–Crippen LogP) is 3.93. The van der Waals surface area contributed by atoms with Crippen molar-refractivity contribution in [2.45, 2.75) is 38.8 Å². The summed E-state index contributed by atoms with van der Waals surface area (Å²) in [6, 6.07) is 25.7. The van der Waals surface area contributed by atoms with E-state index in [0.29, 0.717) is 18.5 Å². The summed E-state index contributed by atoms with van der Waals surface area (Å²) < 4.78 is 26.3. The van der Waals surface area contributed by atoms with E-state index in [1.165, 1.54) is 4.31 Å². The third-order valence-electron chi connectivity index (χ3n) is 6.19. The lowest BCUT2D eigenvalue weighted by atomic mass is 10.0. The maximum atomic E-state index is 13.6. The lowest BCUT2D eigenvalue weighted by molar-refractivity contribution is -0.141. The third-order valence-corrected chi connectivity index (χ3v) is 7.38. The van der Waals surface area contributed by atoms with E-state index < -0.39 is 16.1 Å². The molecule has 1 N–H and O–H groups in total. The van der Waals surface area contributed by atoms with Crippen molar-refractivity contribution in [2.24, 2.45) is 0 Å². The zero-order chi connectivity index (χ0) is 26.8. The number of aryl methyl sites for hydroxylation is 1. The highest BCUT2D eigenvalue weighted by Gasteiger charge is 2.30. The minimum atomic E-state index is -3.53. The minimum absolute atomic E-state index is 0.104. The van der Waals surface area contributed by atoms with E-state index in [-0.39, 0.29) is 31.3 Å². The van der Waals surface area contributed by atoms with Crippen molar-refractivity contribution < 1.29 is 18.0 Å². The van der Waals surface area contributed by atoms with Crippen LogP contribution in [0.25, 0.3) is 0 Å². The highest BCUT2D eigenvalue weighted by atomic mass is 32.2. The maximum Gasteiger partial charge on any atom is 0.242 e. The average molecular weight is 522 g/mol. The van der Waals surface area contributed by atoms with Crippen LogP contribution < -0.4 is 9.62 Å². The minimum Gasteiger partial charge on any atom is -0.357 e. The molecule has 0 aliphatic rings. The van der Waals surface area contributed by atoms with E-state index in [2.05, 4.69) is 5.32 Å². The van der Waals surface area contributed by atoms with Gasteiger partial charge in [0, 0.05) is 33.0 Å². The topological polar surface area (TPSA) is 86.8 Å². The van der Waals surface area contributed by atoms with Gasteiger partial charge in [-0.25, -0.2) is 8.42 Å². The zero-order valence-electron chi connectivity index (χ0n) is 21.6. The molecule has 0 spiro atoms. The van der Waals surface area contributed by atoms with Crippen LogP contribution in [-0.4, -0.2) is 51.0 Å². The highest BCUT2D eigenvalue weighted by molar-refractivity contribution is 7.92. The lowest BCUT2D eigenvalue weighted by Crippen LogP contribution is -2.49. The molecule has 0 radical (unpaired) electrons. The van der Waals surface area contributed by atoms with Crippen molar-refractivity contribution in [1.29, 1.82) is 0 Å². The third kappa shape index (κ3) is 8.18. The molecule has 196 valence electrons. The fourth-order valence-corrected chi connectivity index (χ4v) is 5.18. The Hall–Kier alpha value is -3.65. The van der Waals surface area contributed by atoms with Gasteiger partial charge < -0.3 is 10.2 Å². The van der Waals surface area contributed by atoms with E-state index >= 15 is 0 Å². The largest absolute Gasteiger partial charge is 0.357 e. The second kappa shape index (κ2) is 13.1. The first-order chi connectivity index (χ1) is 17.7. The Morgan fingerprint density at radius 2 is 1.43 bits per heavy atom. The Morgan fingerprint density at radius 1 is 0.865 bits per heavy atom. The number of hydrogen-bond acceptors (Lipinski definition) is 4. The molecule has 7 nitrogen and oxygen atoms in total. The van der Waals surface area contributed by atoms with E-state index in [4.69, 9.17) is 0 Å². The Kier molecular flexibility index (Phi) is 9.85. The first-order valence-corrected chi connectivity index (χ1v) is 14.2. The Bertz CT molecular complexity index is 1260. The molecule has 1 atom stereocenters. The van der Waals surface area contributed by atoms with Gasteiger partial charge in [0.25, 0.3) is 0 Å². The van der Waals surface area contributed by atoms with Crippen LogP contribution in [0.3, 0.4) is 0 Å². The second-order valence-electron chi connectivity index (χ2n) is 9.10. The highest BCUT2D eigenvalue weighted by Crippen LogP contribution is 2.20. The average Bonchev–Trinajstić information content (AvgIpc) is 2.89. The maximum absolute atomic E-state index is 13.6. The number of sulfonamides is 1. The molecular formula is C29H35N3O4S. The van der Waals surface area contributed by atoms with Crippen molar-refractivity contribution >= 4 is 27.5 Å². The first-order valence-electron chi connectivity index (χ1n) is 12.3. The standard InChI is InChI=1S/C29H35N3O4S/c1-23-16-18-26(19-17-23)32(37(3,35)36)20-10-15-28(33)31(22-25-13-8-5-9-14-25)27(29(34)30-2)21-24-11-6-4-7-12-24/h4-9,11-14,16-19,27H,10,15,20-22H2,1-3H3,(H,30,34)/t27-/m0/s1. The molecule has 0 saturated carbocycles. The van der Waals surface area contributed by atoms with Crippen molar-refractivity contribution in [3.8, 4) is 0 Å². The number of nitrogens with one attached hydrogen (secondary N) is 1. The number of nitrogens with zero attached hydrogens (tertiary/aromatic N) is 2. The molecule has 0 heterocycles. The fraction of sp³-hybridized carbons (Fsp3) is 0.310. The van der Waals surface area contributed by atoms with Crippen molar-refractivity contribution in [3.63, 3.8) is 0 Å². The van der Waals surface area contributed by atoms with Gasteiger partial charge in [-0.2, -0.15) is 0 Å². The summed E-state index contributed by atoms with van der Waals surface area (Å²) in [6.45, 7) is 2.38. The van der Waals surface area contributed by atoms with Crippen LogP contribution in [0.15, 0.2) is 84.9 Å². The Labute approximate surface area is 220 Å². The quantitative estimate of drug-likeness (QED) is 0.391. The van der Waals surface area contributed by atoms with Gasteiger partial charge in [-0.3, -0.25) is 13.9 Å². The molecule has 3 aromatic rings. The molecule has 0 unspecified atom stereocenters. The molecule has 0 fully saturated rings. The van der Waals surface area contributed by atoms with Crippen LogP contribution in [0.1, 0.15) is 29.5 Å². The fourth-order valence-electron chi connectivity index (χ4n) is 4.22. The smallest absolute Gasteiger partial charge is 0.242 e. The van der Waals surface area contributed by atoms with Crippen LogP contribution in [0, 0.1) is 6.92 Å². The van der Waals surface area contributed by atoms with Gasteiger partial charge in [-0.1, -0.05) is 78.4 Å². The van der Waals surface area contributed by atoms with Crippen LogP contribution in [0.5, 0.6) is 0 Å². The Balaban J connectivity index is 1.81. The number of carbonyl (C=O) groups excluding carboxylic acids is 2. The number of amides is 2. The molecule has 0 bridgehead atoms. The number of carbonyl (C=O) groups is 2. The molecule has 3 rings (SSSR count).